The second kappa shape index (κ2) is 9.29. The minimum Gasteiger partial charge on any atom is -0.492 e. The van der Waals surface area contributed by atoms with Crippen molar-refractivity contribution >= 4 is 22.5 Å². The van der Waals surface area contributed by atoms with E-state index in [1.54, 1.807) is 0 Å². The molecule has 1 saturated heterocycles. The Kier molecular flexibility index (Phi) is 6.06. The molecule has 0 atom stereocenters. The fourth-order valence-corrected chi connectivity index (χ4v) is 4.76. The van der Waals surface area contributed by atoms with Gasteiger partial charge in [0, 0.05) is 36.1 Å². The maximum absolute atomic E-state index is 12.1. The van der Waals surface area contributed by atoms with Crippen LogP contribution < -0.4 is 10.1 Å². The van der Waals surface area contributed by atoms with Crippen LogP contribution in [-0.2, 0) is 11.3 Å². The third-order valence-electron chi connectivity index (χ3n) is 6.71. The van der Waals surface area contributed by atoms with Crippen molar-refractivity contribution in [1.29, 1.82) is 5.26 Å². The van der Waals surface area contributed by atoms with E-state index in [0.717, 1.165) is 59.5 Å². The van der Waals surface area contributed by atoms with Crippen LogP contribution in [-0.4, -0.2) is 41.6 Å². The van der Waals surface area contributed by atoms with Crippen molar-refractivity contribution in [3.8, 4) is 23.1 Å². The van der Waals surface area contributed by atoms with E-state index in [9.17, 15) is 10.1 Å². The molecule has 1 amide bonds. The number of hydrogen-bond donors (Lipinski definition) is 1. The van der Waals surface area contributed by atoms with E-state index in [1.165, 1.54) is 25.9 Å². The molecule has 6 heteroatoms. The SMILES string of the molecule is CCn1c(-c2ccc(NC(=O)C3CC3)cc2)c(C#N)c2ccc(OCCN3CCCC3)cc21. The van der Waals surface area contributed by atoms with Crippen molar-refractivity contribution in [3.63, 3.8) is 0 Å². The summed E-state index contributed by atoms with van der Waals surface area (Å²) >= 11 is 0. The van der Waals surface area contributed by atoms with Crippen molar-refractivity contribution in [3.05, 3.63) is 48.0 Å². The van der Waals surface area contributed by atoms with Gasteiger partial charge in [0.2, 0.25) is 5.91 Å². The number of anilines is 1. The molecular formula is C27H30N4O2. The maximum Gasteiger partial charge on any atom is 0.227 e. The molecule has 2 heterocycles. The van der Waals surface area contributed by atoms with Gasteiger partial charge in [-0.15, -0.1) is 0 Å². The first-order valence-corrected chi connectivity index (χ1v) is 12.0. The fraction of sp³-hybridized carbons (Fsp3) is 0.407. The molecule has 1 saturated carbocycles. The molecule has 0 radical (unpaired) electrons. The molecule has 0 spiro atoms. The number of amides is 1. The van der Waals surface area contributed by atoms with Crippen LogP contribution in [0.25, 0.3) is 22.2 Å². The number of nitrogens with zero attached hydrogens (tertiary/aromatic N) is 3. The standard InChI is InChI=1S/C27H30N4O2/c1-2-31-25-17-22(33-16-15-30-13-3-4-14-30)11-12-23(25)24(18-28)26(31)19-7-9-21(10-8-19)29-27(32)20-5-6-20/h7-12,17,20H,2-6,13-16H2,1H3,(H,29,32). The van der Waals surface area contributed by atoms with Gasteiger partial charge in [-0.25, -0.2) is 0 Å². The highest BCUT2D eigenvalue weighted by atomic mass is 16.5. The number of hydrogen-bond acceptors (Lipinski definition) is 4. The zero-order chi connectivity index (χ0) is 22.8. The average molecular weight is 443 g/mol. The minimum absolute atomic E-state index is 0.0976. The molecule has 0 bridgehead atoms. The number of ether oxygens (including phenoxy) is 1. The van der Waals surface area contributed by atoms with Gasteiger partial charge >= 0.3 is 0 Å². The molecule has 2 fully saturated rings. The normalized spacial score (nSPS) is 16.1. The molecular weight excluding hydrogens is 412 g/mol. The summed E-state index contributed by atoms with van der Waals surface area (Å²) in [4.78, 5) is 14.5. The molecule has 33 heavy (non-hydrogen) atoms. The molecule has 0 unspecified atom stereocenters. The van der Waals surface area contributed by atoms with E-state index < -0.39 is 0 Å². The summed E-state index contributed by atoms with van der Waals surface area (Å²) < 4.78 is 8.24. The van der Waals surface area contributed by atoms with E-state index in [2.05, 4.69) is 33.8 Å². The molecule has 1 aromatic heterocycles. The summed E-state index contributed by atoms with van der Waals surface area (Å²) in [5, 5.41) is 13.9. The van der Waals surface area contributed by atoms with E-state index in [0.29, 0.717) is 12.2 Å². The smallest absolute Gasteiger partial charge is 0.227 e. The van der Waals surface area contributed by atoms with E-state index in [4.69, 9.17) is 4.74 Å². The average Bonchev–Trinajstić information content (AvgIpc) is 3.47. The summed E-state index contributed by atoms with van der Waals surface area (Å²) in [6.07, 6.45) is 4.53. The van der Waals surface area contributed by atoms with Crippen molar-refractivity contribution in [2.45, 2.75) is 39.2 Å². The van der Waals surface area contributed by atoms with Gasteiger partial charge in [-0.2, -0.15) is 5.26 Å². The van der Waals surface area contributed by atoms with Gasteiger partial charge in [-0.1, -0.05) is 12.1 Å². The summed E-state index contributed by atoms with van der Waals surface area (Å²) in [7, 11) is 0. The van der Waals surface area contributed by atoms with Gasteiger partial charge in [0.05, 0.1) is 16.8 Å². The Hall–Kier alpha value is -3.30. The van der Waals surface area contributed by atoms with Gasteiger partial charge in [0.15, 0.2) is 0 Å². The highest BCUT2D eigenvalue weighted by Gasteiger charge is 2.29. The number of benzene rings is 2. The number of likely N-dealkylation sites (tertiary alicyclic amines) is 1. The number of fused-ring (bicyclic) bond motifs is 1. The number of aromatic nitrogens is 1. The van der Waals surface area contributed by atoms with Crippen LogP contribution in [0.15, 0.2) is 42.5 Å². The molecule has 5 rings (SSSR count). The van der Waals surface area contributed by atoms with Crippen LogP contribution in [0, 0.1) is 17.2 Å². The predicted octanol–water partition coefficient (Wildman–Crippen LogP) is 5.02. The van der Waals surface area contributed by atoms with Crippen LogP contribution in [0.4, 0.5) is 5.69 Å². The summed E-state index contributed by atoms with van der Waals surface area (Å²) in [6.45, 7) is 6.79. The monoisotopic (exact) mass is 442 g/mol. The van der Waals surface area contributed by atoms with Gasteiger partial charge in [-0.05, 0) is 75.5 Å². The molecule has 3 aromatic rings. The Morgan fingerprint density at radius 3 is 2.58 bits per heavy atom. The lowest BCUT2D eigenvalue weighted by Crippen LogP contribution is -2.25. The van der Waals surface area contributed by atoms with Crippen LogP contribution in [0.3, 0.4) is 0 Å². The maximum atomic E-state index is 12.1. The lowest BCUT2D eigenvalue weighted by Gasteiger charge is -2.15. The molecule has 1 aliphatic heterocycles. The van der Waals surface area contributed by atoms with Gasteiger partial charge in [-0.3, -0.25) is 9.69 Å². The molecule has 2 aliphatic rings. The zero-order valence-electron chi connectivity index (χ0n) is 19.1. The van der Waals surface area contributed by atoms with E-state index in [-0.39, 0.29) is 11.8 Å². The Balaban J connectivity index is 1.41. The second-order valence-corrected chi connectivity index (χ2v) is 9.00. The lowest BCUT2D eigenvalue weighted by molar-refractivity contribution is -0.117. The quantitative estimate of drug-likeness (QED) is 0.532. The minimum atomic E-state index is 0.0976. The number of nitriles is 1. The van der Waals surface area contributed by atoms with Crippen LogP contribution in [0.1, 0.15) is 38.2 Å². The summed E-state index contributed by atoms with van der Waals surface area (Å²) in [5.41, 5.74) is 4.34. The highest BCUT2D eigenvalue weighted by Crippen LogP contribution is 2.36. The van der Waals surface area contributed by atoms with Crippen molar-refractivity contribution in [2.24, 2.45) is 5.92 Å². The number of carbonyl (C=O) groups excluding carboxylic acids is 1. The first-order chi connectivity index (χ1) is 16.2. The number of nitrogens with one attached hydrogen (secondary N) is 1. The van der Waals surface area contributed by atoms with Gasteiger partial charge < -0.3 is 14.6 Å². The number of aryl methyl sites for hydroxylation is 1. The third kappa shape index (κ3) is 4.46. The number of rotatable bonds is 8. The fourth-order valence-electron chi connectivity index (χ4n) is 4.76. The topological polar surface area (TPSA) is 70.3 Å². The molecule has 2 aromatic carbocycles. The first-order valence-electron chi connectivity index (χ1n) is 12.0. The van der Waals surface area contributed by atoms with Crippen LogP contribution in [0.5, 0.6) is 5.75 Å². The van der Waals surface area contributed by atoms with E-state index in [1.807, 2.05) is 36.4 Å². The molecule has 170 valence electrons. The van der Waals surface area contributed by atoms with E-state index >= 15 is 0 Å². The van der Waals surface area contributed by atoms with Gasteiger partial charge in [0.25, 0.3) is 0 Å². The predicted molar refractivity (Wildman–Crippen MR) is 130 cm³/mol. The molecule has 1 N–H and O–H groups in total. The van der Waals surface area contributed by atoms with Crippen molar-refractivity contribution < 1.29 is 9.53 Å². The Morgan fingerprint density at radius 1 is 1.15 bits per heavy atom. The highest BCUT2D eigenvalue weighted by molar-refractivity contribution is 5.96. The molecule has 1 aliphatic carbocycles. The largest absolute Gasteiger partial charge is 0.492 e. The van der Waals surface area contributed by atoms with Crippen molar-refractivity contribution in [1.82, 2.24) is 9.47 Å². The second-order valence-electron chi connectivity index (χ2n) is 9.00. The summed E-state index contributed by atoms with van der Waals surface area (Å²) in [5.74, 6) is 1.10. The van der Waals surface area contributed by atoms with Crippen molar-refractivity contribution in [2.75, 3.05) is 31.6 Å². The first kappa shape index (κ1) is 21.5. The Bertz CT molecular complexity index is 1200. The third-order valence-corrected chi connectivity index (χ3v) is 6.71. The Labute approximate surface area is 194 Å². The van der Waals surface area contributed by atoms with Crippen LogP contribution >= 0.6 is 0 Å². The Morgan fingerprint density at radius 2 is 1.91 bits per heavy atom. The number of carbonyl (C=O) groups is 1. The van der Waals surface area contributed by atoms with Crippen LogP contribution in [0.2, 0.25) is 0 Å². The van der Waals surface area contributed by atoms with Gasteiger partial charge in [0.1, 0.15) is 18.4 Å². The lowest BCUT2D eigenvalue weighted by atomic mass is 10.1. The molecule has 6 nitrogen and oxygen atoms in total. The zero-order valence-corrected chi connectivity index (χ0v) is 19.1. The summed E-state index contributed by atoms with van der Waals surface area (Å²) in [6, 6.07) is 16.2.